The SMILES string of the molecule is Cc1cc(N2CCC(CCc3ccc(OC(F)(F)F)cc3)CC2)ccc1OC[C@H]1CCn2cc([N+](=O)[O-])nc2O1. The predicted octanol–water partition coefficient (Wildman–Crippen LogP) is 6.08. The molecular weight excluding hydrogens is 529 g/mol. The number of ether oxygens (including phenoxy) is 3. The highest BCUT2D eigenvalue weighted by atomic mass is 19.4. The van der Waals surface area contributed by atoms with Gasteiger partial charge in [0.05, 0.1) is 0 Å². The molecule has 2 aliphatic rings. The molecule has 1 fully saturated rings. The van der Waals surface area contributed by atoms with Gasteiger partial charge in [-0.05, 0) is 84.9 Å². The fourth-order valence-electron chi connectivity index (χ4n) is 5.22. The second-order valence-electron chi connectivity index (χ2n) is 10.3. The minimum Gasteiger partial charge on any atom is -0.489 e. The van der Waals surface area contributed by atoms with Crippen molar-refractivity contribution in [3.05, 3.63) is 69.9 Å². The molecular formula is C28H31F3N4O5. The first kappa shape index (κ1) is 27.6. The molecule has 214 valence electrons. The van der Waals surface area contributed by atoms with E-state index in [1.165, 1.54) is 18.3 Å². The highest BCUT2D eigenvalue weighted by Crippen LogP contribution is 2.31. The summed E-state index contributed by atoms with van der Waals surface area (Å²) < 4.78 is 54.4. The molecule has 0 N–H and O–H groups in total. The number of halogens is 3. The smallest absolute Gasteiger partial charge is 0.489 e. The van der Waals surface area contributed by atoms with E-state index in [-0.39, 0.29) is 23.7 Å². The number of anilines is 1. The minimum atomic E-state index is -4.67. The highest BCUT2D eigenvalue weighted by Gasteiger charge is 2.31. The maximum Gasteiger partial charge on any atom is 0.573 e. The molecule has 0 saturated carbocycles. The third-order valence-electron chi connectivity index (χ3n) is 7.44. The number of hydrogen-bond acceptors (Lipinski definition) is 7. The largest absolute Gasteiger partial charge is 0.573 e. The Balaban J connectivity index is 1.06. The molecule has 12 heteroatoms. The van der Waals surface area contributed by atoms with Crippen LogP contribution in [-0.4, -0.2) is 46.6 Å². The second-order valence-corrected chi connectivity index (χ2v) is 10.3. The van der Waals surface area contributed by atoms with E-state index < -0.39 is 11.3 Å². The quantitative estimate of drug-likeness (QED) is 0.231. The van der Waals surface area contributed by atoms with Gasteiger partial charge in [0, 0.05) is 36.7 Å². The molecule has 1 aromatic heterocycles. The van der Waals surface area contributed by atoms with Gasteiger partial charge in [-0.3, -0.25) is 4.57 Å². The van der Waals surface area contributed by atoms with Crippen LogP contribution in [0.5, 0.6) is 17.5 Å². The maximum atomic E-state index is 12.3. The van der Waals surface area contributed by atoms with Gasteiger partial charge in [0.1, 0.15) is 30.4 Å². The molecule has 0 radical (unpaired) electrons. The average Bonchev–Trinajstić information content (AvgIpc) is 3.36. The molecule has 40 heavy (non-hydrogen) atoms. The van der Waals surface area contributed by atoms with E-state index in [4.69, 9.17) is 9.47 Å². The van der Waals surface area contributed by atoms with E-state index in [1.807, 2.05) is 13.0 Å². The summed E-state index contributed by atoms with van der Waals surface area (Å²) in [5.41, 5.74) is 3.17. The number of nitro groups is 1. The molecule has 0 spiro atoms. The molecule has 9 nitrogen and oxygen atoms in total. The average molecular weight is 561 g/mol. The third-order valence-corrected chi connectivity index (χ3v) is 7.44. The van der Waals surface area contributed by atoms with Gasteiger partial charge < -0.3 is 29.2 Å². The number of rotatable bonds is 9. The van der Waals surface area contributed by atoms with Gasteiger partial charge in [-0.1, -0.05) is 12.1 Å². The van der Waals surface area contributed by atoms with Crippen LogP contribution >= 0.6 is 0 Å². The van der Waals surface area contributed by atoms with Gasteiger partial charge in [0.2, 0.25) is 0 Å². The van der Waals surface area contributed by atoms with E-state index in [0.29, 0.717) is 25.5 Å². The van der Waals surface area contributed by atoms with Crippen LogP contribution in [0, 0.1) is 23.0 Å². The Bertz CT molecular complexity index is 1320. The Hall–Kier alpha value is -3.96. The van der Waals surface area contributed by atoms with Crippen molar-refractivity contribution in [1.82, 2.24) is 9.55 Å². The van der Waals surface area contributed by atoms with Crippen LogP contribution in [-0.2, 0) is 13.0 Å². The molecule has 1 saturated heterocycles. The molecule has 3 aromatic rings. The molecule has 0 amide bonds. The van der Waals surface area contributed by atoms with Crippen LogP contribution in [0.4, 0.5) is 24.7 Å². The standard InChI is InChI=1S/C28H31F3N4O5/c1-19-16-22(6-9-25(19)38-18-24-12-15-34-17-26(35(36)37)32-27(34)39-24)33-13-10-21(11-14-33)3-2-20-4-7-23(8-5-20)40-28(29,30)31/h4-9,16-17,21,24H,2-3,10-15,18H2,1H3/t24-/m1/s1. The number of nitrogens with zero attached hydrogens (tertiary/aromatic N) is 4. The third kappa shape index (κ3) is 6.97. The summed E-state index contributed by atoms with van der Waals surface area (Å²) in [5.74, 6) is 0.923. The second kappa shape index (κ2) is 11.6. The van der Waals surface area contributed by atoms with E-state index >= 15 is 0 Å². The number of piperidine rings is 1. The lowest BCUT2D eigenvalue weighted by Crippen LogP contribution is -2.34. The Morgan fingerprint density at radius 3 is 2.52 bits per heavy atom. The van der Waals surface area contributed by atoms with Gasteiger partial charge in [-0.15, -0.1) is 13.2 Å². The number of fused-ring (bicyclic) bond motifs is 1. The van der Waals surface area contributed by atoms with Crippen LogP contribution in [0.25, 0.3) is 0 Å². The summed E-state index contributed by atoms with van der Waals surface area (Å²) in [6, 6.07) is 12.5. The summed E-state index contributed by atoms with van der Waals surface area (Å²) in [7, 11) is 0. The fourth-order valence-corrected chi connectivity index (χ4v) is 5.22. The molecule has 2 aromatic carbocycles. The van der Waals surface area contributed by atoms with E-state index in [2.05, 4.69) is 26.8 Å². The lowest BCUT2D eigenvalue weighted by atomic mass is 9.90. The fraction of sp³-hybridized carbons (Fsp3) is 0.464. The van der Waals surface area contributed by atoms with Gasteiger partial charge in [0.25, 0.3) is 0 Å². The highest BCUT2D eigenvalue weighted by molar-refractivity contribution is 5.53. The lowest BCUT2D eigenvalue weighted by molar-refractivity contribution is -0.389. The van der Waals surface area contributed by atoms with Gasteiger partial charge >= 0.3 is 18.2 Å². The van der Waals surface area contributed by atoms with Crippen molar-refractivity contribution < 1.29 is 32.3 Å². The minimum absolute atomic E-state index is 0.195. The summed E-state index contributed by atoms with van der Waals surface area (Å²) >= 11 is 0. The molecule has 3 heterocycles. The number of aromatic nitrogens is 2. The van der Waals surface area contributed by atoms with Crippen molar-refractivity contribution >= 4 is 11.5 Å². The first-order valence-electron chi connectivity index (χ1n) is 13.3. The van der Waals surface area contributed by atoms with Crippen molar-refractivity contribution in [1.29, 1.82) is 0 Å². The summed E-state index contributed by atoms with van der Waals surface area (Å²) in [4.78, 5) is 16.7. The van der Waals surface area contributed by atoms with Crippen molar-refractivity contribution in [3.8, 4) is 17.5 Å². The zero-order valence-electron chi connectivity index (χ0n) is 22.1. The molecule has 2 aliphatic heterocycles. The van der Waals surface area contributed by atoms with E-state index in [0.717, 1.165) is 61.3 Å². The van der Waals surface area contributed by atoms with Crippen molar-refractivity contribution in [2.24, 2.45) is 5.92 Å². The molecule has 5 rings (SSSR count). The first-order valence-corrected chi connectivity index (χ1v) is 13.3. The molecule has 0 aliphatic carbocycles. The molecule has 0 bridgehead atoms. The van der Waals surface area contributed by atoms with Crippen LogP contribution in [0.2, 0.25) is 0 Å². The topological polar surface area (TPSA) is 91.9 Å². The normalized spacial score (nSPS) is 17.7. The van der Waals surface area contributed by atoms with Gasteiger partial charge in [-0.25, -0.2) is 0 Å². The summed E-state index contributed by atoms with van der Waals surface area (Å²) in [6.45, 7) is 4.80. The number of aryl methyl sites for hydroxylation is 3. The van der Waals surface area contributed by atoms with Gasteiger partial charge in [0.15, 0.2) is 0 Å². The predicted molar refractivity (Wildman–Crippen MR) is 141 cm³/mol. The summed E-state index contributed by atoms with van der Waals surface area (Å²) in [5, 5.41) is 10.9. The van der Waals surface area contributed by atoms with Crippen LogP contribution in [0.1, 0.15) is 36.8 Å². The zero-order chi connectivity index (χ0) is 28.3. The van der Waals surface area contributed by atoms with Crippen LogP contribution in [0.3, 0.4) is 0 Å². The Morgan fingerprint density at radius 2 is 1.85 bits per heavy atom. The number of hydrogen-bond donors (Lipinski definition) is 0. The maximum absolute atomic E-state index is 12.3. The Morgan fingerprint density at radius 1 is 1.10 bits per heavy atom. The van der Waals surface area contributed by atoms with Crippen molar-refractivity contribution in [2.75, 3.05) is 24.6 Å². The Kier molecular flexibility index (Phi) is 8.04. The first-order chi connectivity index (χ1) is 19.1. The zero-order valence-corrected chi connectivity index (χ0v) is 22.1. The van der Waals surface area contributed by atoms with Crippen molar-refractivity contribution in [3.63, 3.8) is 0 Å². The molecule has 0 unspecified atom stereocenters. The Labute approximate surface area is 229 Å². The van der Waals surface area contributed by atoms with E-state index in [1.54, 1.807) is 16.7 Å². The number of imidazole rings is 1. The summed E-state index contributed by atoms with van der Waals surface area (Å²) in [6.07, 6.45) is 1.08. The van der Waals surface area contributed by atoms with E-state index in [9.17, 15) is 23.3 Å². The van der Waals surface area contributed by atoms with Crippen LogP contribution in [0.15, 0.2) is 48.7 Å². The number of alkyl halides is 3. The van der Waals surface area contributed by atoms with Gasteiger partial charge in [-0.2, -0.15) is 0 Å². The lowest BCUT2D eigenvalue weighted by Gasteiger charge is -2.34. The van der Waals surface area contributed by atoms with Crippen molar-refractivity contribution in [2.45, 2.75) is 58.0 Å². The molecule has 1 atom stereocenters. The van der Waals surface area contributed by atoms with Crippen LogP contribution < -0.4 is 19.1 Å². The number of benzene rings is 2. The monoisotopic (exact) mass is 560 g/mol.